The van der Waals surface area contributed by atoms with E-state index in [2.05, 4.69) is 10.2 Å². The number of nitrogens with zero attached hydrogens (tertiary/aromatic N) is 2. The van der Waals surface area contributed by atoms with Crippen molar-refractivity contribution in [3.05, 3.63) is 35.4 Å². The van der Waals surface area contributed by atoms with E-state index in [-0.39, 0.29) is 36.9 Å². The first-order chi connectivity index (χ1) is 12.4. The van der Waals surface area contributed by atoms with Gasteiger partial charge in [-0.15, -0.1) is 12.4 Å². The van der Waals surface area contributed by atoms with Crippen molar-refractivity contribution in [1.82, 2.24) is 15.1 Å². The van der Waals surface area contributed by atoms with Crippen molar-refractivity contribution in [2.24, 2.45) is 0 Å². The number of amides is 1. The molecule has 1 aromatic rings. The van der Waals surface area contributed by atoms with Gasteiger partial charge in [0.25, 0.3) is 0 Å². The quantitative estimate of drug-likeness (QED) is 0.704. The molecule has 1 unspecified atom stereocenters. The van der Waals surface area contributed by atoms with Crippen LogP contribution in [0.15, 0.2) is 24.3 Å². The van der Waals surface area contributed by atoms with Crippen LogP contribution in [0, 0.1) is 6.92 Å². The molecule has 0 radical (unpaired) electrons. The van der Waals surface area contributed by atoms with Gasteiger partial charge in [-0.3, -0.25) is 19.4 Å². The Hall–Kier alpha value is -1.63. The highest BCUT2D eigenvalue weighted by molar-refractivity contribution is 5.85. The van der Waals surface area contributed by atoms with Crippen LogP contribution in [0.5, 0.6) is 0 Å². The third-order valence-corrected chi connectivity index (χ3v) is 5.40. The van der Waals surface area contributed by atoms with Crippen LogP contribution in [-0.2, 0) is 16.1 Å². The Morgan fingerprint density at radius 3 is 2.48 bits per heavy atom. The number of halogens is 1. The molecular weight excluding hydrogens is 366 g/mol. The molecule has 1 saturated heterocycles. The summed E-state index contributed by atoms with van der Waals surface area (Å²) in [7, 11) is 0. The molecule has 7 heteroatoms. The fourth-order valence-electron chi connectivity index (χ4n) is 3.62. The molecule has 2 N–H and O–H groups in total. The number of carboxylic acid groups (broad SMARTS) is 1. The van der Waals surface area contributed by atoms with Crippen LogP contribution in [0.1, 0.15) is 37.8 Å². The second-order valence-corrected chi connectivity index (χ2v) is 7.04. The molecule has 27 heavy (non-hydrogen) atoms. The lowest BCUT2D eigenvalue weighted by Crippen LogP contribution is -2.52. The molecule has 0 aromatic heterocycles. The highest BCUT2D eigenvalue weighted by atomic mass is 35.5. The maximum atomic E-state index is 12.5. The van der Waals surface area contributed by atoms with Crippen molar-refractivity contribution in [3.8, 4) is 0 Å². The van der Waals surface area contributed by atoms with E-state index in [1.807, 2.05) is 49.9 Å². The van der Waals surface area contributed by atoms with E-state index in [4.69, 9.17) is 5.11 Å². The molecule has 1 aliphatic heterocycles. The predicted molar refractivity (Wildman–Crippen MR) is 109 cm³/mol. The molecule has 1 fully saturated rings. The summed E-state index contributed by atoms with van der Waals surface area (Å²) in [6, 6.07) is 8.18. The topological polar surface area (TPSA) is 72.9 Å². The van der Waals surface area contributed by atoms with Crippen LogP contribution in [0.25, 0.3) is 0 Å². The van der Waals surface area contributed by atoms with E-state index in [0.717, 1.165) is 38.0 Å². The van der Waals surface area contributed by atoms with E-state index in [0.29, 0.717) is 6.54 Å². The summed E-state index contributed by atoms with van der Waals surface area (Å²) < 4.78 is 0. The number of nitrogens with one attached hydrogen (secondary N) is 1. The maximum absolute atomic E-state index is 12.5. The van der Waals surface area contributed by atoms with Crippen molar-refractivity contribution >= 4 is 24.3 Å². The lowest BCUT2D eigenvalue weighted by atomic mass is 10.0. The summed E-state index contributed by atoms with van der Waals surface area (Å²) in [5.41, 5.74) is 2.32. The van der Waals surface area contributed by atoms with E-state index < -0.39 is 5.97 Å². The number of benzene rings is 1. The van der Waals surface area contributed by atoms with Gasteiger partial charge in [-0.25, -0.2) is 0 Å². The Balaban J connectivity index is 0.00000364. The van der Waals surface area contributed by atoms with E-state index >= 15 is 0 Å². The van der Waals surface area contributed by atoms with Crippen LogP contribution < -0.4 is 5.32 Å². The third kappa shape index (κ3) is 6.79. The van der Waals surface area contributed by atoms with Gasteiger partial charge in [0.15, 0.2) is 0 Å². The molecule has 0 spiro atoms. The molecule has 0 aliphatic carbocycles. The second kappa shape index (κ2) is 11.3. The summed E-state index contributed by atoms with van der Waals surface area (Å²) in [5, 5.41) is 12.1. The average molecular weight is 398 g/mol. The smallest absolute Gasteiger partial charge is 0.317 e. The zero-order valence-electron chi connectivity index (χ0n) is 16.5. The van der Waals surface area contributed by atoms with Crippen molar-refractivity contribution in [3.63, 3.8) is 0 Å². The summed E-state index contributed by atoms with van der Waals surface area (Å²) in [4.78, 5) is 27.7. The first-order valence-electron chi connectivity index (χ1n) is 9.44. The molecule has 1 amide bonds. The first kappa shape index (κ1) is 23.4. The Bertz CT molecular complexity index is 618. The van der Waals surface area contributed by atoms with Gasteiger partial charge in [0.1, 0.15) is 0 Å². The Morgan fingerprint density at radius 1 is 1.30 bits per heavy atom. The monoisotopic (exact) mass is 397 g/mol. The number of likely N-dealkylation sites (tertiary alicyclic amines) is 1. The largest absolute Gasteiger partial charge is 0.480 e. The maximum Gasteiger partial charge on any atom is 0.317 e. The van der Waals surface area contributed by atoms with Gasteiger partial charge in [-0.2, -0.15) is 0 Å². The number of hydrogen-bond acceptors (Lipinski definition) is 4. The van der Waals surface area contributed by atoms with Crippen molar-refractivity contribution < 1.29 is 14.7 Å². The molecule has 1 aromatic carbocycles. The van der Waals surface area contributed by atoms with Crippen LogP contribution in [0.4, 0.5) is 0 Å². The summed E-state index contributed by atoms with van der Waals surface area (Å²) >= 11 is 0. The van der Waals surface area contributed by atoms with E-state index in [1.54, 1.807) is 0 Å². The first-order valence-corrected chi connectivity index (χ1v) is 9.44. The van der Waals surface area contributed by atoms with Crippen LogP contribution >= 0.6 is 12.4 Å². The van der Waals surface area contributed by atoms with Crippen molar-refractivity contribution in [2.45, 2.75) is 52.2 Å². The number of carbonyl (C=O) groups excluding carboxylic acids is 1. The number of hydrogen-bond donors (Lipinski definition) is 2. The van der Waals surface area contributed by atoms with Gasteiger partial charge < -0.3 is 10.4 Å². The van der Waals surface area contributed by atoms with Crippen LogP contribution in [0.3, 0.4) is 0 Å². The van der Waals surface area contributed by atoms with E-state index in [9.17, 15) is 9.59 Å². The Morgan fingerprint density at radius 2 is 1.93 bits per heavy atom. The molecule has 0 bridgehead atoms. The number of piperidine rings is 1. The van der Waals surface area contributed by atoms with Gasteiger partial charge in [0.2, 0.25) is 5.91 Å². The highest BCUT2D eigenvalue weighted by Gasteiger charge is 2.29. The number of likely N-dealkylation sites (N-methyl/N-ethyl adjacent to an activating group) is 1. The minimum atomic E-state index is -0.779. The summed E-state index contributed by atoms with van der Waals surface area (Å²) in [6.07, 6.45) is 1.80. The van der Waals surface area contributed by atoms with E-state index in [1.165, 1.54) is 5.56 Å². The lowest BCUT2D eigenvalue weighted by Gasteiger charge is -2.39. The van der Waals surface area contributed by atoms with Gasteiger partial charge in [0.05, 0.1) is 12.6 Å². The molecule has 6 nitrogen and oxygen atoms in total. The number of carboxylic acids is 1. The Labute approximate surface area is 168 Å². The van der Waals surface area contributed by atoms with Crippen LogP contribution in [-0.4, -0.2) is 65.0 Å². The molecule has 2 rings (SSSR count). The molecule has 0 saturated carbocycles. The van der Waals surface area contributed by atoms with Gasteiger partial charge >= 0.3 is 5.97 Å². The predicted octanol–water partition coefficient (Wildman–Crippen LogP) is 2.29. The standard InChI is InChI=1S/C20H31N3O3.ClH/c1-4-22(14-19(24)25)18-9-11-23(12-10-18)16(3)20(26)21-13-17-8-6-5-7-15(17)2;/h5-8,16,18H,4,9-14H2,1-3H3,(H,21,26)(H,24,25);1H. The molecule has 1 atom stereocenters. The Kier molecular flexibility index (Phi) is 9.77. The number of rotatable bonds is 8. The van der Waals surface area contributed by atoms with Gasteiger partial charge in [0, 0.05) is 25.7 Å². The molecular formula is C20H32ClN3O3. The molecule has 152 valence electrons. The number of aliphatic carboxylic acids is 1. The minimum Gasteiger partial charge on any atom is -0.480 e. The normalized spacial score (nSPS) is 16.6. The van der Waals surface area contributed by atoms with Crippen LogP contribution in [0.2, 0.25) is 0 Å². The summed E-state index contributed by atoms with van der Waals surface area (Å²) in [5.74, 6) is -0.734. The fourth-order valence-corrected chi connectivity index (χ4v) is 3.62. The zero-order valence-corrected chi connectivity index (χ0v) is 17.3. The van der Waals surface area contributed by atoms with Crippen molar-refractivity contribution in [1.29, 1.82) is 0 Å². The SMILES string of the molecule is CCN(CC(=O)O)C1CCN(C(C)C(=O)NCc2ccccc2C)CC1.Cl. The number of carbonyl (C=O) groups is 2. The molecule has 1 aliphatic rings. The average Bonchev–Trinajstić information content (AvgIpc) is 2.64. The summed E-state index contributed by atoms with van der Waals surface area (Å²) in [6.45, 7) is 9.01. The fraction of sp³-hybridized carbons (Fsp3) is 0.600. The number of aryl methyl sites for hydroxylation is 1. The van der Waals surface area contributed by atoms with Crippen molar-refractivity contribution in [2.75, 3.05) is 26.2 Å². The second-order valence-electron chi connectivity index (χ2n) is 7.04. The van der Waals surface area contributed by atoms with Gasteiger partial charge in [-0.05, 0) is 44.4 Å². The molecule has 1 heterocycles. The van der Waals surface area contributed by atoms with Gasteiger partial charge in [-0.1, -0.05) is 31.2 Å². The lowest BCUT2D eigenvalue weighted by molar-refractivity contribution is -0.139. The zero-order chi connectivity index (χ0) is 19.1. The highest BCUT2D eigenvalue weighted by Crippen LogP contribution is 2.18. The minimum absolute atomic E-state index is 0. The third-order valence-electron chi connectivity index (χ3n) is 5.40.